The lowest BCUT2D eigenvalue weighted by Crippen LogP contribution is -2.39. The second-order valence-electron chi connectivity index (χ2n) is 4.96. The number of hydrogen-bond acceptors (Lipinski definition) is 4. The van der Waals surface area contributed by atoms with Crippen LogP contribution >= 0.6 is 23.1 Å². The predicted molar refractivity (Wildman–Crippen MR) is 96.7 cm³/mol. The van der Waals surface area contributed by atoms with Crippen LogP contribution in [-0.4, -0.2) is 42.2 Å². The monoisotopic (exact) mass is 352 g/mol. The van der Waals surface area contributed by atoms with E-state index in [0.717, 1.165) is 34.6 Å². The molecule has 0 radical (unpaired) electrons. The Hall–Kier alpha value is -1.60. The molecule has 2 aromatic rings. The number of rotatable bonds is 7. The normalized spacial score (nSPS) is 11.5. The van der Waals surface area contributed by atoms with Crippen LogP contribution in [0, 0.1) is 5.82 Å². The third-order valence-electron chi connectivity index (χ3n) is 3.15. The first-order valence-electron chi connectivity index (χ1n) is 7.37. The van der Waals surface area contributed by atoms with Crippen molar-refractivity contribution in [1.82, 2.24) is 15.2 Å². The Balaban J connectivity index is 1.70. The summed E-state index contributed by atoms with van der Waals surface area (Å²) in [5.74, 6) is 1.66. The van der Waals surface area contributed by atoms with Gasteiger partial charge in [0, 0.05) is 44.5 Å². The maximum Gasteiger partial charge on any atom is 0.193 e. The molecule has 1 heterocycles. The second kappa shape index (κ2) is 9.52. The van der Waals surface area contributed by atoms with Crippen molar-refractivity contribution in [2.24, 2.45) is 4.99 Å². The van der Waals surface area contributed by atoms with Crippen LogP contribution in [0.1, 0.15) is 12.0 Å². The zero-order valence-electron chi connectivity index (χ0n) is 13.3. The molecule has 1 aromatic carbocycles. The lowest BCUT2D eigenvalue weighted by atomic mass is 10.2. The third-order valence-corrected chi connectivity index (χ3v) is 5.20. The number of nitrogens with one attached hydrogen (secondary N) is 1. The quantitative estimate of drug-likeness (QED) is 0.358. The predicted octanol–water partition coefficient (Wildman–Crippen LogP) is 3.47. The average Bonchev–Trinajstić information content (AvgIpc) is 3.06. The van der Waals surface area contributed by atoms with Gasteiger partial charge >= 0.3 is 0 Å². The minimum Gasteiger partial charge on any atom is -0.356 e. The molecule has 0 bridgehead atoms. The van der Waals surface area contributed by atoms with Gasteiger partial charge in [-0.15, -0.1) is 11.3 Å². The van der Waals surface area contributed by atoms with Gasteiger partial charge in [-0.05, 0) is 24.1 Å². The van der Waals surface area contributed by atoms with Crippen LogP contribution in [0.3, 0.4) is 0 Å². The molecule has 0 aliphatic rings. The molecular formula is C16H21FN4S2. The maximum atomic E-state index is 12.9. The summed E-state index contributed by atoms with van der Waals surface area (Å²) in [7, 11) is 3.75. The van der Waals surface area contributed by atoms with Gasteiger partial charge < -0.3 is 10.2 Å². The molecule has 4 nitrogen and oxygen atoms in total. The molecule has 0 saturated heterocycles. The number of aromatic nitrogens is 1. The molecule has 0 amide bonds. The van der Waals surface area contributed by atoms with Crippen LogP contribution in [0.25, 0.3) is 0 Å². The first-order chi connectivity index (χ1) is 11.2. The fourth-order valence-corrected chi connectivity index (χ4v) is 3.68. The number of thiazole rings is 1. The molecule has 0 fully saturated rings. The van der Waals surface area contributed by atoms with Gasteiger partial charge in [0.25, 0.3) is 0 Å². The van der Waals surface area contributed by atoms with E-state index in [-0.39, 0.29) is 5.82 Å². The Morgan fingerprint density at radius 3 is 2.83 bits per heavy atom. The number of guanidine groups is 1. The van der Waals surface area contributed by atoms with Gasteiger partial charge in [-0.2, -0.15) is 0 Å². The first-order valence-corrected chi connectivity index (χ1v) is 9.24. The third kappa shape index (κ3) is 6.19. The van der Waals surface area contributed by atoms with Crippen molar-refractivity contribution in [3.63, 3.8) is 0 Å². The van der Waals surface area contributed by atoms with Gasteiger partial charge in [-0.1, -0.05) is 23.9 Å². The van der Waals surface area contributed by atoms with E-state index >= 15 is 0 Å². The lowest BCUT2D eigenvalue weighted by molar-refractivity contribution is 0.476. The molecule has 1 N–H and O–H groups in total. The summed E-state index contributed by atoms with van der Waals surface area (Å²) in [6.45, 7) is 1.55. The van der Waals surface area contributed by atoms with Crippen LogP contribution in [0.4, 0.5) is 4.39 Å². The topological polar surface area (TPSA) is 40.5 Å². The molecule has 0 aliphatic heterocycles. The Morgan fingerprint density at radius 2 is 2.17 bits per heavy atom. The first kappa shape index (κ1) is 17.7. The molecule has 7 heteroatoms. The van der Waals surface area contributed by atoms with Crippen molar-refractivity contribution < 1.29 is 4.39 Å². The largest absolute Gasteiger partial charge is 0.356 e. The summed E-state index contributed by atoms with van der Waals surface area (Å²) >= 11 is 3.45. The number of thioether (sulfide) groups is 1. The van der Waals surface area contributed by atoms with Crippen LogP contribution in [0.15, 0.2) is 45.2 Å². The summed E-state index contributed by atoms with van der Waals surface area (Å²) in [4.78, 5) is 10.6. The van der Waals surface area contributed by atoms with E-state index < -0.39 is 0 Å². The Bertz CT molecular complexity index is 599. The van der Waals surface area contributed by atoms with Gasteiger partial charge in [0.15, 0.2) is 5.96 Å². The highest BCUT2D eigenvalue weighted by Crippen LogP contribution is 2.20. The summed E-state index contributed by atoms with van der Waals surface area (Å²) in [5.41, 5.74) is 1.05. The molecule has 0 spiro atoms. The molecule has 124 valence electrons. The summed E-state index contributed by atoms with van der Waals surface area (Å²) in [6, 6.07) is 6.55. The van der Waals surface area contributed by atoms with E-state index in [4.69, 9.17) is 0 Å². The molecule has 0 aliphatic carbocycles. The minimum atomic E-state index is -0.211. The Kier molecular flexibility index (Phi) is 7.35. The smallest absolute Gasteiger partial charge is 0.193 e. The van der Waals surface area contributed by atoms with Crippen molar-refractivity contribution >= 4 is 29.1 Å². The van der Waals surface area contributed by atoms with Gasteiger partial charge in [-0.25, -0.2) is 9.37 Å². The maximum absolute atomic E-state index is 12.9. The van der Waals surface area contributed by atoms with Gasteiger partial charge in [-0.3, -0.25) is 4.99 Å². The van der Waals surface area contributed by atoms with Crippen LogP contribution in [-0.2, 0) is 6.54 Å². The molecule has 0 saturated carbocycles. The van der Waals surface area contributed by atoms with E-state index in [1.165, 1.54) is 12.1 Å². The van der Waals surface area contributed by atoms with Crippen LogP contribution in [0.5, 0.6) is 0 Å². The second-order valence-corrected chi connectivity index (χ2v) is 7.19. The standard InChI is InChI=1S/C16H21FN4S2/c1-18-15(19-8-3-10-22-16-20-9-11-23-16)21(2)12-13-4-6-14(17)7-5-13/h4-7,9,11H,3,8,10,12H2,1-2H3,(H,18,19). The zero-order chi connectivity index (χ0) is 16.5. The molecule has 0 atom stereocenters. The highest BCUT2D eigenvalue weighted by Gasteiger charge is 2.06. The summed E-state index contributed by atoms with van der Waals surface area (Å²) < 4.78 is 14.0. The van der Waals surface area contributed by atoms with Crippen LogP contribution in [0.2, 0.25) is 0 Å². The van der Waals surface area contributed by atoms with Crippen molar-refractivity contribution in [2.45, 2.75) is 17.3 Å². The number of aliphatic imine (C=N–C) groups is 1. The minimum absolute atomic E-state index is 0.211. The van der Waals surface area contributed by atoms with Crippen molar-refractivity contribution in [3.05, 3.63) is 47.2 Å². The average molecular weight is 353 g/mol. The van der Waals surface area contributed by atoms with Crippen LogP contribution < -0.4 is 5.32 Å². The summed E-state index contributed by atoms with van der Waals surface area (Å²) in [6.07, 6.45) is 2.87. The Morgan fingerprint density at radius 1 is 1.39 bits per heavy atom. The number of hydrogen-bond donors (Lipinski definition) is 1. The summed E-state index contributed by atoms with van der Waals surface area (Å²) in [5, 5.41) is 5.35. The van der Waals surface area contributed by atoms with E-state index in [1.807, 2.05) is 23.5 Å². The van der Waals surface area contributed by atoms with E-state index in [2.05, 4.69) is 15.3 Å². The van der Waals surface area contributed by atoms with E-state index in [1.54, 1.807) is 42.3 Å². The van der Waals surface area contributed by atoms with Gasteiger partial charge in [0.05, 0.1) is 0 Å². The number of benzene rings is 1. The van der Waals surface area contributed by atoms with Crippen molar-refractivity contribution in [1.29, 1.82) is 0 Å². The van der Waals surface area contributed by atoms with Gasteiger partial charge in [0.1, 0.15) is 10.2 Å². The molecule has 1 aromatic heterocycles. The van der Waals surface area contributed by atoms with E-state index in [0.29, 0.717) is 6.54 Å². The van der Waals surface area contributed by atoms with Gasteiger partial charge in [0.2, 0.25) is 0 Å². The Labute approximate surface area is 144 Å². The van der Waals surface area contributed by atoms with Crippen molar-refractivity contribution in [3.8, 4) is 0 Å². The fourth-order valence-electron chi connectivity index (χ4n) is 2.04. The highest BCUT2D eigenvalue weighted by atomic mass is 32.2. The zero-order valence-corrected chi connectivity index (χ0v) is 15.0. The molecule has 23 heavy (non-hydrogen) atoms. The highest BCUT2D eigenvalue weighted by molar-refractivity contribution is 8.00. The number of nitrogens with zero attached hydrogens (tertiary/aromatic N) is 3. The lowest BCUT2D eigenvalue weighted by Gasteiger charge is -2.22. The molecule has 2 rings (SSSR count). The van der Waals surface area contributed by atoms with Crippen molar-refractivity contribution in [2.75, 3.05) is 26.4 Å². The molecule has 0 unspecified atom stereocenters. The van der Waals surface area contributed by atoms with E-state index in [9.17, 15) is 4.39 Å². The molecular weight excluding hydrogens is 331 g/mol. The fraction of sp³-hybridized carbons (Fsp3) is 0.375. The SMILES string of the molecule is CN=C(NCCCSc1nccs1)N(C)Cc1ccc(F)cc1. The number of halogens is 1.